The number of carbonyl (C=O) groups excluding carboxylic acids is 2. The van der Waals surface area contributed by atoms with Crippen LogP contribution in [-0.4, -0.2) is 34.3 Å². The lowest BCUT2D eigenvalue weighted by atomic mass is 9.90. The Kier molecular flexibility index (Phi) is 5.16. The lowest BCUT2D eigenvalue weighted by Crippen LogP contribution is -2.45. The monoisotopic (exact) mass is 372 g/mol. The molecule has 2 unspecified atom stereocenters. The number of nitrogens with one attached hydrogen (secondary N) is 1. The first kappa shape index (κ1) is 18.9. The summed E-state index contributed by atoms with van der Waals surface area (Å²) in [7, 11) is 0. The Bertz CT molecular complexity index is 861. The standard InChI is InChI=1S/C19H24N4O4/c1-10(2)26-19(25)21-16-8-11(3)23(13(5)24)17-7-6-14(9-15(16)17)18-20-12(4)27-22-18/h6-7,9-11,16H,8H2,1-5H3,(H,21,25). The number of hydrogen-bond acceptors (Lipinski definition) is 6. The van der Waals surface area contributed by atoms with Gasteiger partial charge in [0.1, 0.15) is 0 Å². The van der Waals surface area contributed by atoms with Crippen molar-refractivity contribution in [1.29, 1.82) is 0 Å². The highest BCUT2D eigenvalue weighted by molar-refractivity contribution is 5.94. The number of rotatable bonds is 3. The van der Waals surface area contributed by atoms with Crippen molar-refractivity contribution in [1.82, 2.24) is 15.5 Å². The molecule has 1 N–H and O–H groups in total. The summed E-state index contributed by atoms with van der Waals surface area (Å²) in [5, 5.41) is 6.87. The summed E-state index contributed by atoms with van der Waals surface area (Å²) in [6.45, 7) is 8.82. The fourth-order valence-corrected chi connectivity index (χ4v) is 3.43. The van der Waals surface area contributed by atoms with Crippen molar-refractivity contribution < 1.29 is 18.8 Å². The normalized spacial score (nSPS) is 19.0. The van der Waals surface area contributed by atoms with Gasteiger partial charge in [0.25, 0.3) is 0 Å². The highest BCUT2D eigenvalue weighted by Gasteiger charge is 2.34. The molecule has 27 heavy (non-hydrogen) atoms. The second-order valence-corrected chi connectivity index (χ2v) is 7.04. The number of aryl methyl sites for hydroxylation is 1. The molecule has 1 aliphatic heterocycles. The van der Waals surface area contributed by atoms with Crippen molar-refractivity contribution in [3.05, 3.63) is 29.7 Å². The molecule has 2 aromatic rings. The maximum atomic E-state index is 12.2. The van der Waals surface area contributed by atoms with E-state index in [0.29, 0.717) is 18.1 Å². The Morgan fingerprint density at radius 1 is 1.37 bits per heavy atom. The zero-order chi connectivity index (χ0) is 19.7. The van der Waals surface area contributed by atoms with Crippen LogP contribution in [0.15, 0.2) is 22.7 Å². The summed E-state index contributed by atoms with van der Waals surface area (Å²) in [4.78, 5) is 30.3. The number of ether oxygens (including phenoxy) is 1. The number of alkyl carbamates (subject to hydrolysis) is 1. The van der Waals surface area contributed by atoms with E-state index in [9.17, 15) is 9.59 Å². The van der Waals surface area contributed by atoms with Gasteiger partial charge >= 0.3 is 6.09 Å². The third-order valence-electron chi connectivity index (χ3n) is 4.44. The molecule has 0 fully saturated rings. The van der Waals surface area contributed by atoms with Gasteiger partial charge in [-0.15, -0.1) is 0 Å². The van der Waals surface area contributed by atoms with Crippen LogP contribution in [0.25, 0.3) is 11.4 Å². The fourth-order valence-electron chi connectivity index (χ4n) is 3.43. The predicted molar refractivity (Wildman–Crippen MR) is 99.2 cm³/mol. The Morgan fingerprint density at radius 3 is 2.70 bits per heavy atom. The Morgan fingerprint density at radius 2 is 2.11 bits per heavy atom. The van der Waals surface area contributed by atoms with Crippen molar-refractivity contribution in [3.8, 4) is 11.4 Å². The van der Waals surface area contributed by atoms with Crippen LogP contribution in [0.2, 0.25) is 0 Å². The van der Waals surface area contributed by atoms with Crippen molar-refractivity contribution in [2.24, 2.45) is 0 Å². The van der Waals surface area contributed by atoms with Crippen LogP contribution >= 0.6 is 0 Å². The third-order valence-corrected chi connectivity index (χ3v) is 4.44. The van der Waals surface area contributed by atoms with Gasteiger partial charge in [-0.05, 0) is 51.0 Å². The fraction of sp³-hybridized carbons (Fsp3) is 0.474. The first-order chi connectivity index (χ1) is 12.8. The average Bonchev–Trinajstić information content (AvgIpc) is 2.99. The summed E-state index contributed by atoms with van der Waals surface area (Å²) in [6.07, 6.45) is -0.118. The molecule has 3 rings (SSSR count). The van der Waals surface area contributed by atoms with Crippen molar-refractivity contribution >= 4 is 17.7 Å². The van der Waals surface area contributed by atoms with E-state index >= 15 is 0 Å². The highest BCUT2D eigenvalue weighted by atomic mass is 16.6. The van der Waals surface area contributed by atoms with E-state index in [0.717, 1.165) is 16.8 Å². The minimum absolute atomic E-state index is 0.0462. The van der Waals surface area contributed by atoms with Gasteiger partial charge in [-0.3, -0.25) is 4.79 Å². The van der Waals surface area contributed by atoms with Crippen LogP contribution in [0.4, 0.5) is 10.5 Å². The van der Waals surface area contributed by atoms with Gasteiger partial charge in [0.2, 0.25) is 17.6 Å². The predicted octanol–water partition coefficient (Wildman–Crippen LogP) is 3.37. The Balaban J connectivity index is 2.01. The molecule has 2 heterocycles. The largest absolute Gasteiger partial charge is 0.447 e. The molecule has 2 atom stereocenters. The number of carbonyl (C=O) groups is 2. The molecule has 2 amide bonds. The Hall–Kier alpha value is -2.90. The Labute approximate surface area is 157 Å². The van der Waals surface area contributed by atoms with E-state index in [1.165, 1.54) is 6.92 Å². The minimum Gasteiger partial charge on any atom is -0.447 e. The first-order valence-corrected chi connectivity index (χ1v) is 8.97. The summed E-state index contributed by atoms with van der Waals surface area (Å²) >= 11 is 0. The van der Waals surface area contributed by atoms with E-state index in [2.05, 4.69) is 15.5 Å². The molecule has 0 spiro atoms. The summed E-state index contributed by atoms with van der Waals surface area (Å²) < 4.78 is 10.3. The molecule has 8 nitrogen and oxygen atoms in total. The topological polar surface area (TPSA) is 97.6 Å². The number of anilines is 1. The number of benzene rings is 1. The molecule has 0 saturated carbocycles. The lowest BCUT2D eigenvalue weighted by Gasteiger charge is -2.39. The van der Waals surface area contributed by atoms with Crippen molar-refractivity contribution in [3.63, 3.8) is 0 Å². The molecular formula is C19H24N4O4. The number of hydrogen-bond donors (Lipinski definition) is 1. The molecule has 1 aromatic heterocycles. The lowest BCUT2D eigenvalue weighted by molar-refractivity contribution is -0.117. The van der Waals surface area contributed by atoms with Gasteiger partial charge in [-0.25, -0.2) is 4.79 Å². The van der Waals surface area contributed by atoms with Gasteiger partial charge in [-0.1, -0.05) is 5.16 Å². The van der Waals surface area contributed by atoms with Gasteiger partial charge in [0, 0.05) is 31.1 Å². The van der Waals surface area contributed by atoms with Gasteiger partial charge < -0.3 is 19.5 Å². The molecule has 1 aromatic carbocycles. The number of fused-ring (bicyclic) bond motifs is 1. The summed E-state index contributed by atoms with van der Waals surface area (Å²) in [5.41, 5.74) is 2.34. The van der Waals surface area contributed by atoms with Crippen LogP contribution in [0.5, 0.6) is 0 Å². The van der Waals surface area contributed by atoms with Crippen molar-refractivity contribution in [2.45, 2.75) is 59.2 Å². The van der Waals surface area contributed by atoms with Crippen LogP contribution < -0.4 is 10.2 Å². The second kappa shape index (κ2) is 7.38. The quantitative estimate of drug-likeness (QED) is 0.887. The summed E-state index contributed by atoms with van der Waals surface area (Å²) in [5.74, 6) is 0.888. The number of aromatic nitrogens is 2. The molecule has 0 aliphatic carbocycles. The zero-order valence-electron chi connectivity index (χ0n) is 16.1. The highest BCUT2D eigenvalue weighted by Crippen LogP contribution is 2.39. The number of nitrogens with zero attached hydrogens (tertiary/aromatic N) is 3. The molecule has 0 bridgehead atoms. The van der Waals surface area contributed by atoms with Gasteiger partial charge in [0.15, 0.2) is 0 Å². The smallest absolute Gasteiger partial charge is 0.407 e. The zero-order valence-corrected chi connectivity index (χ0v) is 16.1. The molecule has 0 saturated heterocycles. The second-order valence-electron chi connectivity index (χ2n) is 7.04. The first-order valence-electron chi connectivity index (χ1n) is 8.97. The van der Waals surface area contributed by atoms with Crippen LogP contribution in [0, 0.1) is 6.92 Å². The average molecular weight is 372 g/mol. The SMILES string of the molecule is CC(=O)N1c2ccc(-c3noc(C)n3)cc2C(NC(=O)OC(C)C)CC1C. The molecule has 8 heteroatoms. The van der Waals surface area contributed by atoms with E-state index in [1.54, 1.807) is 25.7 Å². The van der Waals surface area contributed by atoms with E-state index in [-0.39, 0.29) is 24.1 Å². The maximum absolute atomic E-state index is 12.2. The van der Waals surface area contributed by atoms with E-state index < -0.39 is 6.09 Å². The summed E-state index contributed by atoms with van der Waals surface area (Å²) in [6, 6.07) is 5.25. The minimum atomic E-state index is -0.481. The molecule has 144 valence electrons. The third kappa shape index (κ3) is 3.94. The van der Waals surface area contributed by atoms with Crippen LogP contribution in [0.1, 0.15) is 51.6 Å². The van der Waals surface area contributed by atoms with E-state index in [4.69, 9.17) is 9.26 Å². The van der Waals surface area contributed by atoms with Gasteiger partial charge in [-0.2, -0.15) is 4.98 Å². The molecular weight excluding hydrogens is 348 g/mol. The van der Waals surface area contributed by atoms with Crippen LogP contribution in [-0.2, 0) is 9.53 Å². The van der Waals surface area contributed by atoms with Crippen LogP contribution in [0.3, 0.4) is 0 Å². The maximum Gasteiger partial charge on any atom is 0.407 e. The molecule has 1 aliphatic rings. The van der Waals surface area contributed by atoms with E-state index in [1.807, 2.05) is 25.1 Å². The van der Waals surface area contributed by atoms with Gasteiger partial charge in [0.05, 0.1) is 12.1 Å². The van der Waals surface area contributed by atoms with Crippen molar-refractivity contribution in [2.75, 3.05) is 4.90 Å². The molecule has 0 radical (unpaired) electrons. The number of amides is 2.